The number of amides is 2. The molecule has 0 aromatic heterocycles. The number of carbonyl (C=O) groups excluding carboxylic acids is 1. The molecule has 1 aliphatic heterocycles. The van der Waals surface area contributed by atoms with E-state index >= 15 is 0 Å². The van der Waals surface area contributed by atoms with Gasteiger partial charge in [-0.15, -0.1) is 0 Å². The molecule has 0 radical (unpaired) electrons. The Morgan fingerprint density at radius 1 is 1.28 bits per heavy atom. The minimum Gasteiger partial charge on any atom is -0.331 e. The molecule has 0 spiro atoms. The van der Waals surface area contributed by atoms with Crippen LogP contribution in [0.1, 0.15) is 36.5 Å². The first kappa shape index (κ1) is 12.9. The van der Waals surface area contributed by atoms with Gasteiger partial charge in [-0.3, -0.25) is 0 Å². The molecule has 0 aliphatic carbocycles. The number of nitrogens with zero attached hydrogens (tertiary/aromatic N) is 2. The van der Waals surface area contributed by atoms with E-state index in [-0.39, 0.29) is 6.03 Å². The summed E-state index contributed by atoms with van der Waals surface area (Å²) in [6.45, 7) is 5.97. The largest absolute Gasteiger partial charge is 0.331 e. The van der Waals surface area contributed by atoms with Gasteiger partial charge >= 0.3 is 6.03 Å². The van der Waals surface area contributed by atoms with Gasteiger partial charge in [0.05, 0.1) is 0 Å². The smallest absolute Gasteiger partial charge is 0.319 e. The molecule has 98 valence electrons. The van der Waals surface area contributed by atoms with Crippen molar-refractivity contribution in [2.75, 3.05) is 20.6 Å². The van der Waals surface area contributed by atoms with E-state index in [1.54, 1.807) is 4.90 Å². The summed E-state index contributed by atoms with van der Waals surface area (Å²) in [5.74, 6) is 0.537. The second-order valence-corrected chi connectivity index (χ2v) is 5.53. The summed E-state index contributed by atoms with van der Waals surface area (Å²) in [6, 6.07) is 6.81. The lowest BCUT2D eigenvalue weighted by atomic mass is 9.93. The fourth-order valence-electron chi connectivity index (χ4n) is 2.38. The highest BCUT2D eigenvalue weighted by molar-refractivity contribution is 5.74. The van der Waals surface area contributed by atoms with Crippen molar-refractivity contribution in [2.24, 2.45) is 0 Å². The predicted molar refractivity (Wildman–Crippen MR) is 73.7 cm³/mol. The maximum atomic E-state index is 12.0. The molecule has 1 aromatic carbocycles. The molecule has 3 nitrogen and oxygen atoms in total. The maximum Gasteiger partial charge on any atom is 0.319 e. The van der Waals surface area contributed by atoms with Crippen LogP contribution in [0.15, 0.2) is 18.2 Å². The van der Waals surface area contributed by atoms with Crippen LogP contribution >= 0.6 is 0 Å². The lowest BCUT2D eigenvalue weighted by Crippen LogP contribution is -2.42. The van der Waals surface area contributed by atoms with Crippen molar-refractivity contribution in [3.63, 3.8) is 0 Å². The van der Waals surface area contributed by atoms with Gasteiger partial charge in [0.25, 0.3) is 0 Å². The van der Waals surface area contributed by atoms with E-state index in [1.807, 2.05) is 19.0 Å². The zero-order valence-corrected chi connectivity index (χ0v) is 11.7. The number of rotatable bonds is 1. The van der Waals surface area contributed by atoms with Gasteiger partial charge in [-0.05, 0) is 29.0 Å². The van der Waals surface area contributed by atoms with Gasteiger partial charge in [0.2, 0.25) is 0 Å². The Hall–Kier alpha value is -1.51. The molecule has 1 aliphatic rings. The summed E-state index contributed by atoms with van der Waals surface area (Å²) >= 11 is 0. The summed E-state index contributed by atoms with van der Waals surface area (Å²) in [6.07, 6.45) is 0.966. The second kappa shape index (κ2) is 5.01. The highest BCUT2D eigenvalue weighted by atomic mass is 16.2. The van der Waals surface area contributed by atoms with Gasteiger partial charge in [0, 0.05) is 27.2 Å². The maximum absolute atomic E-state index is 12.0. The standard InChI is InChI=1S/C15H22N2O/c1-11(2)13-6-5-12-7-8-17(10-14(12)9-13)15(18)16(3)4/h5-6,9,11H,7-8,10H2,1-4H3. The lowest BCUT2D eigenvalue weighted by Gasteiger charge is -2.31. The van der Waals surface area contributed by atoms with Crippen molar-refractivity contribution >= 4 is 6.03 Å². The summed E-state index contributed by atoms with van der Waals surface area (Å²) in [5, 5.41) is 0. The topological polar surface area (TPSA) is 23.6 Å². The molecular formula is C15H22N2O. The number of hydrogen-bond acceptors (Lipinski definition) is 1. The van der Waals surface area contributed by atoms with Gasteiger partial charge in [-0.25, -0.2) is 4.79 Å². The third-order valence-corrected chi connectivity index (χ3v) is 3.56. The number of urea groups is 1. The molecule has 1 heterocycles. The zero-order valence-electron chi connectivity index (χ0n) is 11.7. The van der Waals surface area contributed by atoms with Crippen molar-refractivity contribution in [1.82, 2.24) is 9.80 Å². The van der Waals surface area contributed by atoms with Crippen LogP contribution in [-0.2, 0) is 13.0 Å². The molecule has 3 heteroatoms. The fraction of sp³-hybridized carbons (Fsp3) is 0.533. The fourth-order valence-corrected chi connectivity index (χ4v) is 2.38. The highest BCUT2D eigenvalue weighted by Crippen LogP contribution is 2.24. The number of hydrogen-bond donors (Lipinski definition) is 0. The van der Waals surface area contributed by atoms with Crippen molar-refractivity contribution in [3.05, 3.63) is 34.9 Å². The van der Waals surface area contributed by atoms with E-state index in [0.717, 1.165) is 19.5 Å². The summed E-state index contributed by atoms with van der Waals surface area (Å²) in [7, 11) is 3.62. The molecule has 0 atom stereocenters. The first-order valence-electron chi connectivity index (χ1n) is 6.57. The van der Waals surface area contributed by atoms with E-state index < -0.39 is 0 Å². The quantitative estimate of drug-likeness (QED) is 0.747. The van der Waals surface area contributed by atoms with Crippen LogP contribution < -0.4 is 0 Å². The number of carbonyl (C=O) groups is 1. The van der Waals surface area contributed by atoms with E-state index in [2.05, 4.69) is 32.0 Å². The van der Waals surface area contributed by atoms with Crippen LogP contribution in [0.2, 0.25) is 0 Å². The van der Waals surface area contributed by atoms with E-state index in [0.29, 0.717) is 5.92 Å². The molecule has 0 fully saturated rings. The summed E-state index contributed by atoms with van der Waals surface area (Å²) in [5.41, 5.74) is 4.05. The van der Waals surface area contributed by atoms with Gasteiger partial charge in [0.15, 0.2) is 0 Å². The lowest BCUT2D eigenvalue weighted by molar-refractivity contribution is 0.165. The van der Waals surface area contributed by atoms with Gasteiger partial charge < -0.3 is 9.80 Å². The molecule has 1 aromatic rings. The first-order chi connectivity index (χ1) is 8.49. The molecule has 2 amide bonds. The van der Waals surface area contributed by atoms with Crippen molar-refractivity contribution in [3.8, 4) is 0 Å². The normalized spacial score (nSPS) is 14.6. The first-order valence-corrected chi connectivity index (χ1v) is 6.57. The van der Waals surface area contributed by atoms with Crippen molar-refractivity contribution < 1.29 is 4.79 Å². The molecule has 0 unspecified atom stereocenters. The van der Waals surface area contributed by atoms with Crippen LogP contribution in [0.4, 0.5) is 4.79 Å². The van der Waals surface area contributed by atoms with Crippen LogP contribution in [0.25, 0.3) is 0 Å². The molecule has 18 heavy (non-hydrogen) atoms. The Bertz CT molecular complexity index is 452. The number of fused-ring (bicyclic) bond motifs is 1. The van der Waals surface area contributed by atoms with E-state index in [4.69, 9.17) is 0 Å². The second-order valence-electron chi connectivity index (χ2n) is 5.53. The van der Waals surface area contributed by atoms with Crippen LogP contribution in [0.5, 0.6) is 0 Å². The molecule has 0 bridgehead atoms. The Kier molecular flexibility index (Phi) is 3.60. The molecule has 0 N–H and O–H groups in total. The van der Waals surface area contributed by atoms with Gasteiger partial charge in [-0.1, -0.05) is 32.0 Å². The predicted octanol–water partition coefficient (Wildman–Crippen LogP) is 2.85. The average Bonchev–Trinajstić information content (AvgIpc) is 2.36. The van der Waals surface area contributed by atoms with Crippen LogP contribution in [0.3, 0.4) is 0 Å². The highest BCUT2D eigenvalue weighted by Gasteiger charge is 2.22. The van der Waals surface area contributed by atoms with E-state index in [1.165, 1.54) is 16.7 Å². The Morgan fingerprint density at radius 2 is 2.00 bits per heavy atom. The zero-order chi connectivity index (χ0) is 13.3. The molecule has 0 saturated carbocycles. The third-order valence-electron chi connectivity index (χ3n) is 3.56. The van der Waals surface area contributed by atoms with Gasteiger partial charge in [-0.2, -0.15) is 0 Å². The van der Waals surface area contributed by atoms with Crippen molar-refractivity contribution in [1.29, 1.82) is 0 Å². The molecule has 2 rings (SSSR count). The van der Waals surface area contributed by atoms with Crippen molar-refractivity contribution in [2.45, 2.75) is 32.7 Å². The summed E-state index contributed by atoms with van der Waals surface area (Å²) < 4.78 is 0. The minimum atomic E-state index is 0.107. The Morgan fingerprint density at radius 3 is 2.61 bits per heavy atom. The summed E-state index contributed by atoms with van der Waals surface area (Å²) in [4.78, 5) is 15.6. The molecular weight excluding hydrogens is 224 g/mol. The van der Waals surface area contributed by atoms with Crippen LogP contribution in [-0.4, -0.2) is 36.5 Å². The number of benzene rings is 1. The Labute approximate surface area is 109 Å². The third kappa shape index (κ3) is 2.50. The van der Waals surface area contributed by atoms with E-state index in [9.17, 15) is 4.79 Å². The monoisotopic (exact) mass is 246 g/mol. The minimum absolute atomic E-state index is 0.107. The van der Waals surface area contributed by atoms with Crippen LogP contribution in [0, 0.1) is 0 Å². The average molecular weight is 246 g/mol. The Balaban J connectivity index is 2.22. The molecule has 0 saturated heterocycles. The SMILES string of the molecule is CC(C)c1ccc2c(c1)CN(C(=O)N(C)C)CC2. The van der Waals surface area contributed by atoms with Gasteiger partial charge in [0.1, 0.15) is 0 Å².